The SMILES string of the molecule is CCNc1ccnc(N2CCN(c3ccnc(C(F)(F)F)c3)CC2)n1. The van der Waals surface area contributed by atoms with Crippen molar-refractivity contribution in [2.24, 2.45) is 0 Å². The molecule has 0 aromatic carbocycles. The molecule has 1 fully saturated rings. The van der Waals surface area contributed by atoms with E-state index < -0.39 is 11.9 Å². The van der Waals surface area contributed by atoms with Gasteiger partial charge in [-0.2, -0.15) is 18.2 Å². The zero-order valence-corrected chi connectivity index (χ0v) is 13.8. The highest BCUT2D eigenvalue weighted by atomic mass is 19.4. The first-order chi connectivity index (χ1) is 12.0. The van der Waals surface area contributed by atoms with Gasteiger partial charge < -0.3 is 15.1 Å². The second-order valence-electron chi connectivity index (χ2n) is 5.64. The number of nitrogens with one attached hydrogen (secondary N) is 1. The highest BCUT2D eigenvalue weighted by Crippen LogP contribution is 2.30. The summed E-state index contributed by atoms with van der Waals surface area (Å²) in [6.45, 7) is 5.23. The van der Waals surface area contributed by atoms with Crippen LogP contribution in [0.25, 0.3) is 0 Å². The van der Waals surface area contributed by atoms with E-state index in [1.807, 2.05) is 16.7 Å². The molecule has 9 heteroatoms. The van der Waals surface area contributed by atoms with Crippen LogP contribution in [0.3, 0.4) is 0 Å². The third kappa shape index (κ3) is 4.09. The number of halogens is 3. The topological polar surface area (TPSA) is 57.2 Å². The van der Waals surface area contributed by atoms with E-state index in [1.165, 1.54) is 6.20 Å². The van der Waals surface area contributed by atoms with Gasteiger partial charge >= 0.3 is 6.18 Å². The molecule has 0 saturated carbocycles. The summed E-state index contributed by atoms with van der Waals surface area (Å²) >= 11 is 0. The summed E-state index contributed by atoms with van der Waals surface area (Å²) in [5.74, 6) is 1.39. The third-order valence-corrected chi connectivity index (χ3v) is 3.96. The lowest BCUT2D eigenvalue weighted by Crippen LogP contribution is -2.47. The molecule has 25 heavy (non-hydrogen) atoms. The van der Waals surface area contributed by atoms with Crippen LogP contribution in [0.5, 0.6) is 0 Å². The van der Waals surface area contributed by atoms with Crippen molar-refractivity contribution in [2.75, 3.05) is 47.8 Å². The van der Waals surface area contributed by atoms with Crippen molar-refractivity contribution >= 4 is 17.5 Å². The van der Waals surface area contributed by atoms with Crippen LogP contribution < -0.4 is 15.1 Å². The van der Waals surface area contributed by atoms with E-state index in [0.717, 1.165) is 18.4 Å². The van der Waals surface area contributed by atoms with Gasteiger partial charge in [-0.15, -0.1) is 0 Å². The molecule has 1 aliphatic rings. The highest BCUT2D eigenvalue weighted by molar-refractivity contribution is 5.49. The van der Waals surface area contributed by atoms with E-state index in [-0.39, 0.29) is 0 Å². The van der Waals surface area contributed by atoms with E-state index in [9.17, 15) is 13.2 Å². The van der Waals surface area contributed by atoms with Gasteiger partial charge in [0.2, 0.25) is 5.95 Å². The number of hydrogen-bond donors (Lipinski definition) is 1. The normalized spacial score (nSPS) is 15.4. The van der Waals surface area contributed by atoms with Gasteiger partial charge in [0.15, 0.2) is 0 Å². The zero-order chi connectivity index (χ0) is 17.9. The minimum Gasteiger partial charge on any atom is -0.370 e. The van der Waals surface area contributed by atoms with Crippen molar-refractivity contribution in [2.45, 2.75) is 13.1 Å². The average Bonchev–Trinajstić information content (AvgIpc) is 2.62. The van der Waals surface area contributed by atoms with Gasteiger partial charge in [0.1, 0.15) is 11.5 Å². The fourth-order valence-electron chi connectivity index (χ4n) is 2.72. The van der Waals surface area contributed by atoms with Crippen LogP contribution in [-0.4, -0.2) is 47.7 Å². The fraction of sp³-hybridized carbons (Fsp3) is 0.438. The number of alkyl halides is 3. The van der Waals surface area contributed by atoms with Crippen molar-refractivity contribution < 1.29 is 13.2 Å². The Hall–Kier alpha value is -2.58. The van der Waals surface area contributed by atoms with Gasteiger partial charge in [-0.05, 0) is 25.1 Å². The summed E-state index contributed by atoms with van der Waals surface area (Å²) in [5, 5.41) is 3.14. The lowest BCUT2D eigenvalue weighted by Gasteiger charge is -2.36. The van der Waals surface area contributed by atoms with Crippen LogP contribution in [0.2, 0.25) is 0 Å². The van der Waals surface area contributed by atoms with E-state index in [1.54, 1.807) is 18.3 Å². The maximum absolute atomic E-state index is 12.8. The predicted octanol–water partition coefficient (Wildman–Crippen LogP) is 2.65. The maximum Gasteiger partial charge on any atom is 0.433 e. The molecule has 0 atom stereocenters. The Morgan fingerprint density at radius 1 is 1.04 bits per heavy atom. The average molecular weight is 352 g/mol. The van der Waals surface area contributed by atoms with Crippen LogP contribution >= 0.6 is 0 Å². The third-order valence-electron chi connectivity index (χ3n) is 3.96. The minimum atomic E-state index is -4.43. The van der Waals surface area contributed by atoms with Crippen LogP contribution in [-0.2, 0) is 6.18 Å². The molecule has 3 heterocycles. The van der Waals surface area contributed by atoms with Gasteiger partial charge in [-0.3, -0.25) is 4.98 Å². The lowest BCUT2D eigenvalue weighted by atomic mass is 10.2. The van der Waals surface area contributed by atoms with E-state index >= 15 is 0 Å². The Morgan fingerprint density at radius 2 is 1.72 bits per heavy atom. The van der Waals surface area contributed by atoms with Gasteiger partial charge in [-0.25, -0.2) is 4.98 Å². The molecule has 3 rings (SSSR count). The molecule has 0 unspecified atom stereocenters. The van der Waals surface area contributed by atoms with Gasteiger partial charge in [0.05, 0.1) is 0 Å². The quantitative estimate of drug-likeness (QED) is 0.913. The van der Waals surface area contributed by atoms with Crippen LogP contribution in [0.1, 0.15) is 12.6 Å². The summed E-state index contributed by atoms with van der Waals surface area (Å²) in [6, 6.07) is 4.50. The highest BCUT2D eigenvalue weighted by Gasteiger charge is 2.33. The Kier molecular flexibility index (Phi) is 4.91. The molecule has 0 spiro atoms. The Labute approximate surface area is 143 Å². The van der Waals surface area contributed by atoms with Gasteiger partial charge in [-0.1, -0.05) is 0 Å². The van der Waals surface area contributed by atoms with Crippen molar-refractivity contribution in [3.8, 4) is 0 Å². The fourth-order valence-corrected chi connectivity index (χ4v) is 2.72. The molecule has 2 aromatic rings. The largest absolute Gasteiger partial charge is 0.433 e. The number of pyridine rings is 1. The lowest BCUT2D eigenvalue weighted by molar-refractivity contribution is -0.141. The Balaban J connectivity index is 1.67. The number of rotatable bonds is 4. The molecule has 6 nitrogen and oxygen atoms in total. The number of nitrogens with zero attached hydrogens (tertiary/aromatic N) is 5. The van der Waals surface area contributed by atoms with Crippen molar-refractivity contribution in [3.05, 3.63) is 36.3 Å². The molecule has 134 valence electrons. The second-order valence-corrected chi connectivity index (χ2v) is 5.64. The van der Waals surface area contributed by atoms with Crippen molar-refractivity contribution in [3.63, 3.8) is 0 Å². The first-order valence-corrected chi connectivity index (χ1v) is 8.07. The molecular weight excluding hydrogens is 333 g/mol. The second kappa shape index (κ2) is 7.12. The maximum atomic E-state index is 12.8. The number of anilines is 3. The summed E-state index contributed by atoms with van der Waals surface area (Å²) in [6.07, 6.45) is -1.53. The molecule has 0 bridgehead atoms. The van der Waals surface area contributed by atoms with Crippen LogP contribution in [0.4, 0.5) is 30.6 Å². The number of aromatic nitrogens is 3. The molecule has 0 aliphatic carbocycles. The van der Waals surface area contributed by atoms with Crippen molar-refractivity contribution in [1.82, 2.24) is 15.0 Å². The molecular formula is C16H19F3N6. The van der Waals surface area contributed by atoms with E-state index in [0.29, 0.717) is 37.8 Å². The monoisotopic (exact) mass is 352 g/mol. The molecule has 0 amide bonds. The zero-order valence-electron chi connectivity index (χ0n) is 13.8. The first kappa shape index (κ1) is 17.2. The summed E-state index contributed by atoms with van der Waals surface area (Å²) in [4.78, 5) is 16.1. The van der Waals surface area contributed by atoms with Gasteiger partial charge in [0, 0.05) is 50.8 Å². The summed E-state index contributed by atoms with van der Waals surface area (Å²) in [5.41, 5.74) is -0.335. The molecule has 1 N–H and O–H groups in total. The molecule has 0 radical (unpaired) electrons. The number of piperazine rings is 1. The Morgan fingerprint density at radius 3 is 2.40 bits per heavy atom. The molecule has 1 saturated heterocycles. The predicted molar refractivity (Wildman–Crippen MR) is 89.9 cm³/mol. The molecule has 1 aliphatic heterocycles. The van der Waals surface area contributed by atoms with Crippen LogP contribution in [0.15, 0.2) is 30.6 Å². The van der Waals surface area contributed by atoms with Gasteiger partial charge in [0.25, 0.3) is 0 Å². The summed E-state index contributed by atoms with van der Waals surface area (Å²) < 4.78 is 38.4. The number of hydrogen-bond acceptors (Lipinski definition) is 6. The minimum absolute atomic E-state index is 0.532. The Bertz CT molecular complexity index is 713. The summed E-state index contributed by atoms with van der Waals surface area (Å²) in [7, 11) is 0. The first-order valence-electron chi connectivity index (χ1n) is 8.07. The standard InChI is InChI=1S/C16H19F3N6/c1-2-20-14-4-6-22-15(23-14)25-9-7-24(8-10-25)12-3-5-21-13(11-12)16(17,18)19/h3-6,11H,2,7-10H2,1H3,(H,20,22,23). The van der Waals surface area contributed by atoms with Crippen molar-refractivity contribution in [1.29, 1.82) is 0 Å². The smallest absolute Gasteiger partial charge is 0.370 e. The molecule has 2 aromatic heterocycles. The van der Waals surface area contributed by atoms with E-state index in [4.69, 9.17) is 0 Å². The van der Waals surface area contributed by atoms with E-state index in [2.05, 4.69) is 20.3 Å². The van der Waals surface area contributed by atoms with Crippen LogP contribution in [0, 0.1) is 0 Å².